The fraction of sp³-hybridized carbons (Fsp3) is 0.545. The predicted octanol–water partition coefficient (Wildman–Crippen LogP) is 3.33. The van der Waals surface area contributed by atoms with Gasteiger partial charge in [-0.1, -0.05) is 13.0 Å². The zero-order valence-corrected chi connectivity index (χ0v) is 10.4. The highest BCUT2D eigenvalue weighted by atomic mass is 35.5. The van der Waals surface area contributed by atoms with Crippen molar-refractivity contribution in [2.24, 2.45) is 0 Å². The Bertz CT molecular complexity index is 287. The number of halogens is 1. The summed E-state index contributed by atoms with van der Waals surface area (Å²) in [5.41, 5.74) is 0. The van der Waals surface area contributed by atoms with Gasteiger partial charge in [0.2, 0.25) is 5.91 Å². The molecule has 0 fully saturated rings. The van der Waals surface area contributed by atoms with Gasteiger partial charge in [0.15, 0.2) is 0 Å². The second-order valence-corrected chi connectivity index (χ2v) is 4.69. The van der Waals surface area contributed by atoms with Crippen LogP contribution in [0.15, 0.2) is 17.5 Å². The lowest BCUT2D eigenvalue weighted by Crippen LogP contribution is -2.27. The molecule has 0 saturated carbocycles. The summed E-state index contributed by atoms with van der Waals surface area (Å²) in [6.45, 7) is 2.08. The third-order valence-electron chi connectivity index (χ3n) is 2.17. The molecule has 1 heterocycles. The van der Waals surface area contributed by atoms with Gasteiger partial charge >= 0.3 is 0 Å². The SMILES string of the molecule is CCC(NC(=O)CCCCl)c1cccs1. The van der Waals surface area contributed by atoms with E-state index in [4.69, 9.17) is 11.6 Å². The first-order valence-electron chi connectivity index (χ1n) is 5.16. The number of hydrogen-bond acceptors (Lipinski definition) is 2. The largest absolute Gasteiger partial charge is 0.348 e. The standard InChI is InChI=1S/C11H16ClNOS/c1-2-9(10-5-4-8-15-10)13-11(14)6-3-7-12/h4-5,8-9H,2-3,6-7H2,1H3,(H,13,14). The van der Waals surface area contributed by atoms with E-state index in [1.165, 1.54) is 4.88 Å². The van der Waals surface area contributed by atoms with Gasteiger partial charge in [-0.2, -0.15) is 0 Å². The van der Waals surface area contributed by atoms with Gasteiger partial charge < -0.3 is 5.32 Å². The van der Waals surface area contributed by atoms with Gasteiger partial charge in [-0.15, -0.1) is 22.9 Å². The van der Waals surface area contributed by atoms with Crippen molar-refractivity contribution in [1.29, 1.82) is 0 Å². The van der Waals surface area contributed by atoms with Crippen molar-refractivity contribution in [1.82, 2.24) is 5.32 Å². The van der Waals surface area contributed by atoms with Crippen molar-refractivity contribution < 1.29 is 4.79 Å². The predicted molar refractivity (Wildman–Crippen MR) is 65.4 cm³/mol. The Kier molecular flexibility index (Phi) is 5.73. The Hall–Kier alpha value is -0.540. The van der Waals surface area contributed by atoms with Crippen molar-refractivity contribution in [3.63, 3.8) is 0 Å². The monoisotopic (exact) mass is 245 g/mol. The van der Waals surface area contributed by atoms with Crippen molar-refractivity contribution in [2.45, 2.75) is 32.2 Å². The molecule has 1 amide bonds. The van der Waals surface area contributed by atoms with Gasteiger partial charge in [-0.25, -0.2) is 0 Å². The lowest BCUT2D eigenvalue weighted by molar-refractivity contribution is -0.121. The lowest BCUT2D eigenvalue weighted by atomic mass is 10.2. The molecule has 0 aliphatic rings. The minimum Gasteiger partial charge on any atom is -0.348 e. The van der Waals surface area contributed by atoms with Crippen LogP contribution in [-0.2, 0) is 4.79 Å². The zero-order valence-electron chi connectivity index (χ0n) is 8.83. The highest BCUT2D eigenvalue weighted by Crippen LogP contribution is 2.21. The third kappa shape index (κ3) is 4.22. The first-order chi connectivity index (χ1) is 7.27. The fourth-order valence-electron chi connectivity index (χ4n) is 1.36. The number of rotatable bonds is 6. The van der Waals surface area contributed by atoms with Gasteiger partial charge in [-0.05, 0) is 24.3 Å². The molecule has 0 spiro atoms. The van der Waals surface area contributed by atoms with Crippen molar-refractivity contribution in [3.8, 4) is 0 Å². The molecule has 1 aromatic rings. The van der Waals surface area contributed by atoms with E-state index in [9.17, 15) is 4.79 Å². The lowest BCUT2D eigenvalue weighted by Gasteiger charge is -2.15. The highest BCUT2D eigenvalue weighted by molar-refractivity contribution is 7.10. The van der Waals surface area contributed by atoms with Crippen LogP contribution < -0.4 is 5.32 Å². The van der Waals surface area contributed by atoms with Gasteiger partial charge in [0.05, 0.1) is 6.04 Å². The van der Waals surface area contributed by atoms with E-state index in [1.54, 1.807) is 11.3 Å². The topological polar surface area (TPSA) is 29.1 Å². The number of thiophene rings is 1. The Balaban J connectivity index is 2.44. The van der Waals surface area contributed by atoms with E-state index < -0.39 is 0 Å². The maximum absolute atomic E-state index is 11.5. The molecule has 1 rings (SSSR count). The Labute approximate surface area is 99.6 Å². The molecule has 1 N–H and O–H groups in total. The summed E-state index contributed by atoms with van der Waals surface area (Å²) in [5, 5.41) is 5.05. The summed E-state index contributed by atoms with van der Waals surface area (Å²) in [6.07, 6.45) is 2.19. The van der Waals surface area contributed by atoms with Crippen molar-refractivity contribution in [2.75, 3.05) is 5.88 Å². The normalized spacial score (nSPS) is 12.4. The van der Waals surface area contributed by atoms with Gasteiger partial charge in [-0.3, -0.25) is 4.79 Å². The molecule has 0 aliphatic carbocycles. The molecule has 0 aromatic carbocycles. The average Bonchev–Trinajstić information content (AvgIpc) is 2.76. The van der Waals surface area contributed by atoms with Crippen LogP contribution in [0.1, 0.15) is 37.1 Å². The van der Waals surface area contributed by atoms with Crippen LogP contribution in [-0.4, -0.2) is 11.8 Å². The quantitative estimate of drug-likeness (QED) is 0.766. The van der Waals surface area contributed by atoms with Crippen LogP contribution in [0.2, 0.25) is 0 Å². The third-order valence-corrected chi connectivity index (χ3v) is 3.42. The van der Waals surface area contributed by atoms with Gasteiger partial charge in [0.25, 0.3) is 0 Å². The molecule has 4 heteroatoms. The van der Waals surface area contributed by atoms with E-state index >= 15 is 0 Å². The summed E-state index contributed by atoms with van der Waals surface area (Å²) in [7, 11) is 0. The number of alkyl halides is 1. The maximum atomic E-state index is 11.5. The molecule has 1 aromatic heterocycles. The van der Waals surface area contributed by atoms with Gasteiger partial charge in [0.1, 0.15) is 0 Å². The zero-order chi connectivity index (χ0) is 11.1. The van der Waals surface area contributed by atoms with Crippen molar-refractivity contribution >= 4 is 28.8 Å². The second-order valence-electron chi connectivity index (χ2n) is 3.34. The molecule has 1 unspecified atom stereocenters. The second kappa shape index (κ2) is 6.85. The minimum atomic E-state index is 0.0934. The molecule has 84 valence electrons. The molecular formula is C11H16ClNOS. The summed E-state index contributed by atoms with van der Waals surface area (Å²) >= 11 is 7.22. The number of hydrogen-bond donors (Lipinski definition) is 1. The van der Waals surface area contributed by atoms with E-state index in [1.807, 2.05) is 11.4 Å². The summed E-state index contributed by atoms with van der Waals surface area (Å²) in [5.74, 6) is 0.638. The Morgan fingerprint density at radius 3 is 3.00 bits per heavy atom. The molecule has 0 bridgehead atoms. The van der Waals surface area contributed by atoms with Crippen LogP contribution in [0, 0.1) is 0 Å². The molecule has 0 aliphatic heterocycles. The van der Waals surface area contributed by atoms with E-state index in [0.29, 0.717) is 12.3 Å². The van der Waals surface area contributed by atoms with Crippen LogP contribution in [0.5, 0.6) is 0 Å². The smallest absolute Gasteiger partial charge is 0.220 e. The Morgan fingerprint density at radius 1 is 1.67 bits per heavy atom. The van der Waals surface area contributed by atoms with Crippen LogP contribution in [0.3, 0.4) is 0 Å². The maximum Gasteiger partial charge on any atom is 0.220 e. The number of amides is 1. The van der Waals surface area contributed by atoms with Crippen LogP contribution in [0.25, 0.3) is 0 Å². The number of carbonyl (C=O) groups is 1. The van der Waals surface area contributed by atoms with E-state index in [-0.39, 0.29) is 11.9 Å². The molecule has 2 nitrogen and oxygen atoms in total. The molecule has 0 radical (unpaired) electrons. The molecule has 1 atom stereocenters. The summed E-state index contributed by atoms with van der Waals surface area (Å²) < 4.78 is 0. The average molecular weight is 246 g/mol. The summed E-state index contributed by atoms with van der Waals surface area (Å²) in [6, 6.07) is 4.22. The van der Waals surface area contributed by atoms with E-state index in [2.05, 4.69) is 18.3 Å². The fourth-order valence-corrected chi connectivity index (χ4v) is 2.35. The van der Waals surface area contributed by atoms with E-state index in [0.717, 1.165) is 12.8 Å². The first-order valence-corrected chi connectivity index (χ1v) is 6.58. The van der Waals surface area contributed by atoms with Gasteiger partial charge in [0, 0.05) is 17.2 Å². The number of nitrogens with one attached hydrogen (secondary N) is 1. The van der Waals surface area contributed by atoms with Crippen LogP contribution in [0.4, 0.5) is 0 Å². The molecule has 0 saturated heterocycles. The van der Waals surface area contributed by atoms with Crippen LogP contribution >= 0.6 is 22.9 Å². The Morgan fingerprint density at radius 2 is 2.47 bits per heavy atom. The molecular weight excluding hydrogens is 230 g/mol. The first kappa shape index (κ1) is 12.5. The van der Waals surface area contributed by atoms with Crippen molar-refractivity contribution in [3.05, 3.63) is 22.4 Å². The highest BCUT2D eigenvalue weighted by Gasteiger charge is 2.12. The number of carbonyl (C=O) groups excluding carboxylic acids is 1. The summed E-state index contributed by atoms with van der Waals surface area (Å²) in [4.78, 5) is 12.7. The molecule has 15 heavy (non-hydrogen) atoms. The minimum absolute atomic E-state index is 0.0934.